The first-order valence-electron chi connectivity index (χ1n) is 9.26. The number of carbonyl (C=O) groups excluding carboxylic acids is 1. The van der Waals surface area contributed by atoms with Gasteiger partial charge in [0, 0.05) is 11.1 Å². The maximum absolute atomic E-state index is 13.8. The number of hydrogen-bond acceptors (Lipinski definition) is 7. The van der Waals surface area contributed by atoms with Gasteiger partial charge in [-0.05, 0) is 43.5 Å². The van der Waals surface area contributed by atoms with Crippen LogP contribution in [0.4, 0.5) is 4.39 Å². The van der Waals surface area contributed by atoms with Crippen molar-refractivity contribution in [2.75, 3.05) is 14.2 Å². The average molecular weight is 476 g/mol. The highest BCUT2D eigenvalue weighted by Gasteiger charge is 2.20. The van der Waals surface area contributed by atoms with Crippen molar-refractivity contribution >= 4 is 35.9 Å². The van der Waals surface area contributed by atoms with E-state index in [1.807, 2.05) is 18.5 Å². The third kappa shape index (κ3) is 7.92. The lowest BCUT2D eigenvalue weighted by atomic mass is 10.0. The largest absolute Gasteiger partial charge is 0.464 e. The molecule has 0 N–H and O–H groups in total. The Hall–Kier alpha value is -3.00. The van der Waals surface area contributed by atoms with Gasteiger partial charge in [0.25, 0.3) is 5.34 Å². The highest BCUT2D eigenvalue weighted by atomic mass is 31.1. The summed E-state index contributed by atoms with van der Waals surface area (Å²) in [7, 11) is 6.47. The zero-order valence-corrected chi connectivity index (χ0v) is 20.1. The Morgan fingerprint density at radius 3 is 2.47 bits per heavy atom. The summed E-state index contributed by atoms with van der Waals surface area (Å²) in [4.78, 5) is 22.2. The standard InChI is InChI=1S/C22H23FN2O5P2/c1-15(12-13-16-8-5-7-11-19(16)30-22(23,31)32)24-29-14-17-9-4-6-10-18(17)20(25-28-3)21(26)27-2/h4-11H,14,31-32H2,1-3H3/b24-15+,25-20+. The Labute approximate surface area is 190 Å². The van der Waals surface area contributed by atoms with Crippen molar-refractivity contribution in [3.8, 4) is 17.6 Å². The van der Waals surface area contributed by atoms with Gasteiger partial charge in [-0.3, -0.25) is 0 Å². The molecule has 0 saturated heterocycles. The SMILES string of the molecule is CO/N=C(/C(=O)OC)c1ccccc1CO/N=C(\C)C#Cc1ccccc1OC(F)(P)P. The normalized spacial score (nSPS) is 11.8. The molecular weight excluding hydrogens is 453 g/mol. The molecule has 2 aromatic carbocycles. The van der Waals surface area contributed by atoms with Crippen LogP contribution in [0.3, 0.4) is 0 Å². The van der Waals surface area contributed by atoms with E-state index in [0.717, 1.165) is 0 Å². The lowest BCUT2D eigenvalue weighted by Gasteiger charge is -2.17. The number of rotatable bonds is 8. The summed E-state index contributed by atoms with van der Waals surface area (Å²) < 4.78 is 23.7. The van der Waals surface area contributed by atoms with E-state index in [2.05, 4.69) is 22.2 Å². The van der Waals surface area contributed by atoms with Crippen LogP contribution < -0.4 is 4.74 Å². The van der Waals surface area contributed by atoms with Gasteiger partial charge in [0.1, 0.15) is 25.2 Å². The predicted molar refractivity (Wildman–Crippen MR) is 127 cm³/mol. The summed E-state index contributed by atoms with van der Waals surface area (Å²) in [6.07, 6.45) is 0. The molecule has 168 valence electrons. The lowest BCUT2D eigenvalue weighted by Crippen LogP contribution is -2.19. The number of hydrogen-bond donors (Lipinski definition) is 0. The fourth-order valence-corrected chi connectivity index (χ4v) is 2.72. The van der Waals surface area contributed by atoms with E-state index in [1.165, 1.54) is 14.2 Å². The van der Waals surface area contributed by atoms with Gasteiger partial charge in [0.15, 0.2) is 5.71 Å². The number of para-hydroxylation sites is 1. The first-order valence-corrected chi connectivity index (χ1v) is 10.4. The molecule has 2 atom stereocenters. The van der Waals surface area contributed by atoms with Gasteiger partial charge in [-0.1, -0.05) is 52.6 Å². The maximum atomic E-state index is 13.8. The van der Waals surface area contributed by atoms with E-state index >= 15 is 0 Å². The molecule has 0 amide bonds. The molecule has 0 aliphatic heterocycles. The Kier molecular flexibility index (Phi) is 9.59. The number of nitrogens with zero attached hydrogens (tertiary/aromatic N) is 2. The summed E-state index contributed by atoms with van der Waals surface area (Å²) in [5.74, 6) is 5.38. The Morgan fingerprint density at radius 2 is 1.78 bits per heavy atom. The van der Waals surface area contributed by atoms with Crippen molar-refractivity contribution in [2.45, 2.75) is 18.9 Å². The quantitative estimate of drug-likeness (QED) is 0.190. The second-order valence-corrected chi connectivity index (χ2v) is 8.51. The molecule has 2 rings (SSSR count). The second-order valence-electron chi connectivity index (χ2n) is 6.27. The molecule has 2 unspecified atom stereocenters. The minimum Gasteiger partial charge on any atom is -0.464 e. The molecule has 2 aromatic rings. The van der Waals surface area contributed by atoms with Crippen LogP contribution in [0.5, 0.6) is 5.75 Å². The lowest BCUT2D eigenvalue weighted by molar-refractivity contribution is -0.132. The summed E-state index contributed by atoms with van der Waals surface area (Å²) in [6, 6.07) is 13.8. The van der Waals surface area contributed by atoms with Gasteiger partial charge in [-0.15, -0.1) is 0 Å². The summed E-state index contributed by atoms with van der Waals surface area (Å²) >= 11 is 0. The zero-order valence-electron chi connectivity index (χ0n) is 17.8. The second kappa shape index (κ2) is 12.1. The number of benzene rings is 2. The molecule has 0 aliphatic rings. The topological polar surface area (TPSA) is 78.7 Å². The van der Waals surface area contributed by atoms with Gasteiger partial charge in [0.05, 0.1) is 12.7 Å². The van der Waals surface area contributed by atoms with Gasteiger partial charge < -0.3 is 19.1 Å². The molecule has 0 spiro atoms. The van der Waals surface area contributed by atoms with Gasteiger partial charge in [0.2, 0.25) is 0 Å². The smallest absolute Gasteiger partial charge is 0.360 e. The number of carbonyl (C=O) groups is 1. The average Bonchev–Trinajstić information content (AvgIpc) is 2.76. The van der Waals surface area contributed by atoms with Crippen LogP contribution in [0.1, 0.15) is 23.6 Å². The van der Waals surface area contributed by atoms with E-state index in [0.29, 0.717) is 28.2 Å². The van der Waals surface area contributed by atoms with Crippen LogP contribution >= 0.6 is 18.5 Å². The van der Waals surface area contributed by atoms with Gasteiger partial charge >= 0.3 is 5.97 Å². The van der Waals surface area contributed by atoms with Crippen LogP contribution in [-0.4, -0.2) is 36.9 Å². The minimum absolute atomic E-state index is 0.0124. The molecule has 0 saturated carbocycles. The number of methoxy groups -OCH3 is 1. The fraction of sp³-hybridized carbons (Fsp3) is 0.227. The zero-order chi connectivity index (χ0) is 23.6. The number of halogens is 1. The predicted octanol–water partition coefficient (Wildman–Crippen LogP) is 3.86. The summed E-state index contributed by atoms with van der Waals surface area (Å²) in [6.45, 7) is 1.72. The van der Waals surface area contributed by atoms with E-state index in [9.17, 15) is 9.18 Å². The molecule has 0 fully saturated rings. The summed E-state index contributed by atoms with van der Waals surface area (Å²) in [5.41, 5.74) is 2.04. The third-order valence-corrected chi connectivity index (χ3v) is 4.02. The first kappa shape index (κ1) is 25.3. The van der Waals surface area contributed by atoms with E-state index < -0.39 is 11.3 Å². The Balaban J connectivity index is 2.15. The fourth-order valence-electron chi connectivity index (χ4n) is 2.47. The van der Waals surface area contributed by atoms with E-state index in [-0.39, 0.29) is 12.3 Å². The maximum Gasteiger partial charge on any atom is 0.360 e. The number of esters is 1. The van der Waals surface area contributed by atoms with Gasteiger partial charge in [-0.2, -0.15) is 4.39 Å². The molecule has 0 radical (unpaired) electrons. The van der Waals surface area contributed by atoms with Crippen molar-refractivity contribution in [3.63, 3.8) is 0 Å². The Morgan fingerprint density at radius 1 is 1.09 bits per heavy atom. The molecule has 10 heteroatoms. The molecule has 0 aromatic heterocycles. The van der Waals surface area contributed by atoms with Crippen LogP contribution in [0.25, 0.3) is 0 Å². The van der Waals surface area contributed by atoms with Crippen molar-refractivity contribution in [3.05, 3.63) is 65.2 Å². The van der Waals surface area contributed by atoms with E-state index in [4.69, 9.17) is 19.1 Å². The van der Waals surface area contributed by atoms with Crippen LogP contribution in [0.2, 0.25) is 0 Å². The number of oxime groups is 2. The van der Waals surface area contributed by atoms with Gasteiger partial charge in [-0.25, -0.2) is 4.79 Å². The van der Waals surface area contributed by atoms with Crippen molar-refractivity contribution in [1.29, 1.82) is 0 Å². The Bertz CT molecular complexity index is 1070. The van der Waals surface area contributed by atoms with Crippen LogP contribution in [0.15, 0.2) is 58.8 Å². The monoisotopic (exact) mass is 476 g/mol. The van der Waals surface area contributed by atoms with E-state index in [1.54, 1.807) is 55.5 Å². The number of alkyl halides is 1. The highest BCUT2D eigenvalue weighted by molar-refractivity contribution is 7.38. The number of ether oxygens (including phenoxy) is 2. The highest BCUT2D eigenvalue weighted by Crippen LogP contribution is 2.33. The minimum atomic E-state index is -1.99. The molecular formula is C22H23FN2O5P2. The molecule has 0 aliphatic carbocycles. The van der Waals surface area contributed by atoms with Crippen molar-refractivity contribution < 1.29 is 28.3 Å². The van der Waals surface area contributed by atoms with Crippen molar-refractivity contribution in [1.82, 2.24) is 0 Å². The molecule has 0 heterocycles. The molecule has 7 nitrogen and oxygen atoms in total. The summed E-state index contributed by atoms with van der Waals surface area (Å²) in [5, 5.41) is 5.74. The molecule has 32 heavy (non-hydrogen) atoms. The third-order valence-electron chi connectivity index (χ3n) is 3.79. The van der Waals surface area contributed by atoms with Crippen molar-refractivity contribution in [2.24, 2.45) is 10.3 Å². The first-order chi connectivity index (χ1) is 15.2. The van der Waals surface area contributed by atoms with Crippen LogP contribution in [-0.2, 0) is 25.8 Å². The van der Waals surface area contributed by atoms with Crippen LogP contribution in [0, 0.1) is 11.8 Å². The molecule has 0 bridgehead atoms.